The van der Waals surface area contributed by atoms with Gasteiger partial charge in [-0.15, -0.1) is 0 Å². The zero-order valence-electron chi connectivity index (χ0n) is 17.5. The van der Waals surface area contributed by atoms with E-state index in [0.29, 0.717) is 38.5 Å². The summed E-state index contributed by atoms with van der Waals surface area (Å²) in [4.78, 5) is 28.6. The SMILES string of the molecule is CCc1cccc(C)c1NC(=O)CN1CCN(C(=O)COc2ccc(F)cc2)CC1. The number of rotatable bonds is 7. The third kappa shape index (κ3) is 5.79. The van der Waals surface area contributed by atoms with Crippen LogP contribution in [0.25, 0.3) is 0 Å². The van der Waals surface area contributed by atoms with Crippen molar-refractivity contribution in [2.45, 2.75) is 20.3 Å². The van der Waals surface area contributed by atoms with Gasteiger partial charge in [0.2, 0.25) is 5.91 Å². The first-order chi connectivity index (χ1) is 14.5. The van der Waals surface area contributed by atoms with E-state index in [1.54, 1.807) is 4.90 Å². The van der Waals surface area contributed by atoms with Crippen molar-refractivity contribution < 1.29 is 18.7 Å². The molecule has 1 saturated heterocycles. The number of carbonyl (C=O) groups is 2. The monoisotopic (exact) mass is 413 g/mol. The minimum Gasteiger partial charge on any atom is -0.484 e. The molecule has 30 heavy (non-hydrogen) atoms. The Balaban J connectivity index is 1.43. The Hall–Kier alpha value is -2.93. The van der Waals surface area contributed by atoms with Gasteiger partial charge in [-0.05, 0) is 48.7 Å². The molecule has 6 nitrogen and oxygen atoms in total. The van der Waals surface area contributed by atoms with Crippen LogP contribution in [-0.2, 0) is 16.0 Å². The average Bonchev–Trinajstić information content (AvgIpc) is 2.75. The van der Waals surface area contributed by atoms with Crippen LogP contribution in [-0.4, -0.2) is 60.9 Å². The van der Waals surface area contributed by atoms with Crippen LogP contribution in [0.3, 0.4) is 0 Å². The van der Waals surface area contributed by atoms with Crippen LogP contribution >= 0.6 is 0 Å². The van der Waals surface area contributed by atoms with E-state index in [1.807, 2.05) is 30.0 Å². The van der Waals surface area contributed by atoms with Crippen molar-refractivity contribution in [1.82, 2.24) is 9.80 Å². The number of anilines is 1. The predicted octanol–water partition coefficient (Wildman–Crippen LogP) is 2.86. The van der Waals surface area contributed by atoms with E-state index in [4.69, 9.17) is 4.74 Å². The van der Waals surface area contributed by atoms with Crippen molar-refractivity contribution in [1.29, 1.82) is 0 Å². The lowest BCUT2D eigenvalue weighted by atomic mass is 10.1. The molecule has 0 unspecified atom stereocenters. The molecule has 1 fully saturated rings. The Bertz CT molecular complexity index is 878. The second kappa shape index (κ2) is 10.2. The first kappa shape index (κ1) is 21.8. The number of ether oxygens (including phenoxy) is 1. The van der Waals surface area contributed by atoms with Gasteiger partial charge in [0.15, 0.2) is 6.61 Å². The second-order valence-electron chi connectivity index (χ2n) is 7.41. The summed E-state index contributed by atoms with van der Waals surface area (Å²) in [5, 5.41) is 3.05. The molecule has 2 amide bonds. The van der Waals surface area contributed by atoms with Crippen LogP contribution in [0.5, 0.6) is 5.75 Å². The van der Waals surface area contributed by atoms with E-state index in [0.717, 1.165) is 23.2 Å². The van der Waals surface area contributed by atoms with Crippen molar-refractivity contribution >= 4 is 17.5 Å². The highest BCUT2D eigenvalue weighted by molar-refractivity contribution is 5.93. The van der Waals surface area contributed by atoms with Gasteiger partial charge in [0.05, 0.1) is 6.54 Å². The smallest absolute Gasteiger partial charge is 0.260 e. The van der Waals surface area contributed by atoms with E-state index in [1.165, 1.54) is 24.3 Å². The fourth-order valence-corrected chi connectivity index (χ4v) is 3.51. The summed E-state index contributed by atoms with van der Waals surface area (Å²) >= 11 is 0. The number of carbonyl (C=O) groups excluding carboxylic acids is 2. The summed E-state index contributed by atoms with van der Waals surface area (Å²) < 4.78 is 18.4. The number of hydrogen-bond donors (Lipinski definition) is 1. The van der Waals surface area contributed by atoms with E-state index in [-0.39, 0.29) is 24.2 Å². The molecule has 1 heterocycles. The molecule has 1 aliphatic rings. The number of nitrogens with one attached hydrogen (secondary N) is 1. The Morgan fingerprint density at radius 2 is 1.77 bits per heavy atom. The molecule has 3 rings (SSSR count). The molecule has 1 N–H and O–H groups in total. The summed E-state index contributed by atoms with van der Waals surface area (Å²) in [7, 11) is 0. The van der Waals surface area contributed by atoms with Gasteiger partial charge < -0.3 is 15.0 Å². The Kier molecular flexibility index (Phi) is 7.41. The van der Waals surface area contributed by atoms with E-state index < -0.39 is 0 Å². The van der Waals surface area contributed by atoms with Gasteiger partial charge in [-0.25, -0.2) is 4.39 Å². The first-order valence-corrected chi connectivity index (χ1v) is 10.2. The standard InChI is InChI=1S/C23H28FN3O3/c1-3-18-6-4-5-17(2)23(18)25-21(28)15-26-11-13-27(14-12-26)22(29)16-30-20-9-7-19(24)8-10-20/h4-10H,3,11-16H2,1-2H3,(H,25,28). The van der Waals surface area contributed by atoms with Crippen LogP contribution in [0, 0.1) is 12.7 Å². The van der Waals surface area contributed by atoms with Crippen LogP contribution in [0.4, 0.5) is 10.1 Å². The number of piperazine rings is 1. The van der Waals surface area contributed by atoms with Crippen LogP contribution in [0.2, 0.25) is 0 Å². The number of aryl methyl sites for hydroxylation is 2. The maximum absolute atomic E-state index is 12.9. The minimum atomic E-state index is -0.345. The molecule has 0 saturated carbocycles. The Morgan fingerprint density at radius 1 is 1.07 bits per heavy atom. The number of nitrogens with zero attached hydrogens (tertiary/aromatic N) is 2. The molecule has 0 bridgehead atoms. The van der Waals surface area contributed by atoms with Crippen molar-refractivity contribution in [3.8, 4) is 5.75 Å². The summed E-state index contributed by atoms with van der Waals surface area (Å²) in [6.07, 6.45) is 0.859. The minimum absolute atomic E-state index is 0.0431. The molecule has 2 aromatic carbocycles. The zero-order valence-corrected chi connectivity index (χ0v) is 17.5. The average molecular weight is 413 g/mol. The maximum atomic E-state index is 12.9. The first-order valence-electron chi connectivity index (χ1n) is 10.2. The third-order valence-corrected chi connectivity index (χ3v) is 5.27. The predicted molar refractivity (Wildman–Crippen MR) is 114 cm³/mol. The fourth-order valence-electron chi connectivity index (χ4n) is 3.51. The quantitative estimate of drug-likeness (QED) is 0.758. The van der Waals surface area contributed by atoms with Crippen LogP contribution in [0.1, 0.15) is 18.1 Å². The van der Waals surface area contributed by atoms with Gasteiger partial charge in [0, 0.05) is 31.9 Å². The molecule has 7 heteroatoms. The third-order valence-electron chi connectivity index (χ3n) is 5.27. The van der Waals surface area contributed by atoms with Gasteiger partial charge in [0.1, 0.15) is 11.6 Å². The normalized spacial score (nSPS) is 14.4. The highest BCUT2D eigenvalue weighted by Gasteiger charge is 2.23. The van der Waals surface area contributed by atoms with Crippen molar-refractivity contribution in [2.24, 2.45) is 0 Å². The molecule has 160 valence electrons. The van der Waals surface area contributed by atoms with E-state index in [2.05, 4.69) is 12.2 Å². The zero-order chi connectivity index (χ0) is 21.5. The van der Waals surface area contributed by atoms with Gasteiger partial charge in [-0.1, -0.05) is 25.1 Å². The largest absolute Gasteiger partial charge is 0.484 e. The molecule has 0 atom stereocenters. The number of halogens is 1. The molecular weight excluding hydrogens is 385 g/mol. The lowest BCUT2D eigenvalue weighted by Crippen LogP contribution is -2.51. The van der Waals surface area contributed by atoms with Crippen molar-refractivity contribution in [2.75, 3.05) is 44.6 Å². The number of amides is 2. The van der Waals surface area contributed by atoms with Gasteiger partial charge >= 0.3 is 0 Å². The maximum Gasteiger partial charge on any atom is 0.260 e. The number of para-hydroxylation sites is 1. The Labute approximate surface area is 176 Å². The molecule has 0 radical (unpaired) electrons. The highest BCUT2D eigenvalue weighted by Crippen LogP contribution is 2.21. The second-order valence-corrected chi connectivity index (χ2v) is 7.41. The van der Waals surface area contributed by atoms with Gasteiger partial charge in [0.25, 0.3) is 5.91 Å². The molecule has 0 aromatic heterocycles. The topological polar surface area (TPSA) is 61.9 Å². The molecule has 0 aliphatic carbocycles. The van der Waals surface area contributed by atoms with E-state index >= 15 is 0 Å². The lowest BCUT2D eigenvalue weighted by Gasteiger charge is -2.34. The lowest BCUT2D eigenvalue weighted by molar-refractivity contribution is -0.135. The summed E-state index contributed by atoms with van der Waals surface area (Å²) in [5.41, 5.74) is 3.08. The molecule has 0 spiro atoms. The van der Waals surface area contributed by atoms with Crippen molar-refractivity contribution in [3.63, 3.8) is 0 Å². The molecular formula is C23H28FN3O3. The van der Waals surface area contributed by atoms with Gasteiger partial charge in [-0.3, -0.25) is 14.5 Å². The highest BCUT2D eigenvalue weighted by atomic mass is 19.1. The van der Waals surface area contributed by atoms with Crippen LogP contribution < -0.4 is 10.1 Å². The summed E-state index contributed by atoms with van der Waals surface area (Å²) in [5.74, 6) is -0.0424. The summed E-state index contributed by atoms with van der Waals surface area (Å²) in [6, 6.07) is 11.6. The van der Waals surface area contributed by atoms with E-state index in [9.17, 15) is 14.0 Å². The molecule has 1 aliphatic heterocycles. The van der Waals surface area contributed by atoms with Gasteiger partial charge in [-0.2, -0.15) is 0 Å². The number of benzene rings is 2. The van der Waals surface area contributed by atoms with Crippen LogP contribution in [0.15, 0.2) is 42.5 Å². The fraction of sp³-hybridized carbons (Fsp3) is 0.391. The summed E-state index contributed by atoms with van der Waals surface area (Å²) in [6.45, 7) is 6.62. The Morgan fingerprint density at radius 3 is 2.43 bits per heavy atom. The molecule has 2 aromatic rings. The number of hydrogen-bond acceptors (Lipinski definition) is 4. The van der Waals surface area contributed by atoms with Crippen molar-refractivity contribution in [3.05, 3.63) is 59.4 Å².